The van der Waals surface area contributed by atoms with Gasteiger partial charge in [-0.25, -0.2) is 9.78 Å². The predicted molar refractivity (Wildman–Crippen MR) is 115 cm³/mol. The second-order valence-corrected chi connectivity index (χ2v) is 7.02. The number of aliphatic imine (C=N–C) groups is 1. The van der Waals surface area contributed by atoms with E-state index < -0.39 is 5.97 Å². The minimum atomic E-state index is -0.442. The molecule has 2 heterocycles. The lowest BCUT2D eigenvalue weighted by Crippen LogP contribution is -2.17. The van der Waals surface area contributed by atoms with Crippen LogP contribution < -0.4 is 10.4 Å². The number of methoxy groups -OCH3 is 1. The number of allylic oxidation sites excluding steroid dienone is 1. The van der Waals surface area contributed by atoms with Gasteiger partial charge in [-0.15, -0.1) is 0 Å². The van der Waals surface area contributed by atoms with Gasteiger partial charge >= 0.3 is 5.97 Å². The van der Waals surface area contributed by atoms with Gasteiger partial charge in [-0.1, -0.05) is 54.6 Å². The number of nitrogens with zero attached hydrogens (tertiary/aromatic N) is 2. The minimum Gasteiger partial charge on any atom is -0.464 e. The van der Waals surface area contributed by atoms with E-state index in [2.05, 4.69) is 52.5 Å². The second kappa shape index (κ2) is 6.99. The van der Waals surface area contributed by atoms with Gasteiger partial charge in [0.05, 0.1) is 24.4 Å². The average molecular weight is 378 g/mol. The van der Waals surface area contributed by atoms with Crippen molar-refractivity contribution >= 4 is 35.6 Å². The van der Waals surface area contributed by atoms with Crippen molar-refractivity contribution in [3.8, 4) is 0 Å². The third kappa shape index (κ3) is 2.99. The molecule has 1 aliphatic heterocycles. The predicted octanol–water partition coefficient (Wildman–Crippen LogP) is 3.37. The average Bonchev–Trinajstić information content (AvgIpc) is 3.39. The van der Waals surface area contributed by atoms with Crippen LogP contribution in [-0.2, 0) is 4.74 Å². The van der Waals surface area contributed by atoms with Crippen molar-refractivity contribution in [2.45, 2.75) is 5.92 Å². The van der Waals surface area contributed by atoms with Crippen LogP contribution in [0.15, 0.2) is 71.7 Å². The Morgan fingerprint density at radius 1 is 1.03 bits per heavy atom. The highest BCUT2D eigenvalue weighted by Gasteiger charge is 2.24. The number of ether oxygens (including phenoxy) is 1. The molecule has 0 spiro atoms. The summed E-state index contributed by atoms with van der Waals surface area (Å²) in [4.78, 5) is 21.4. The number of rotatable bonds is 4. The van der Waals surface area contributed by atoms with Crippen molar-refractivity contribution in [3.05, 3.63) is 99.7 Å². The molecule has 29 heavy (non-hydrogen) atoms. The SMILES string of the molecule is COC(=O)c1cccc(C(C2=c3cc4c(cc3N=C2)=CC=C4)c2ccccc2)n1. The van der Waals surface area contributed by atoms with E-state index >= 15 is 0 Å². The summed E-state index contributed by atoms with van der Waals surface area (Å²) in [5.74, 6) is -0.583. The van der Waals surface area contributed by atoms with Crippen molar-refractivity contribution < 1.29 is 9.53 Å². The molecule has 0 bridgehead atoms. The van der Waals surface area contributed by atoms with Crippen molar-refractivity contribution in [2.24, 2.45) is 4.99 Å². The van der Waals surface area contributed by atoms with Gasteiger partial charge in [0.1, 0.15) is 5.69 Å². The van der Waals surface area contributed by atoms with Crippen LogP contribution in [0.2, 0.25) is 0 Å². The molecule has 0 saturated carbocycles. The van der Waals surface area contributed by atoms with E-state index in [4.69, 9.17) is 4.74 Å². The highest BCUT2D eigenvalue weighted by atomic mass is 16.5. The van der Waals surface area contributed by atoms with Gasteiger partial charge in [-0.2, -0.15) is 0 Å². The Morgan fingerprint density at radius 2 is 1.90 bits per heavy atom. The number of esters is 1. The molecule has 0 radical (unpaired) electrons. The maximum absolute atomic E-state index is 12.0. The maximum Gasteiger partial charge on any atom is 0.356 e. The molecule has 3 aromatic rings. The Morgan fingerprint density at radius 3 is 2.72 bits per heavy atom. The van der Waals surface area contributed by atoms with E-state index in [1.54, 1.807) is 6.07 Å². The van der Waals surface area contributed by atoms with Gasteiger partial charge in [0, 0.05) is 11.4 Å². The monoisotopic (exact) mass is 378 g/mol. The summed E-state index contributed by atoms with van der Waals surface area (Å²) in [7, 11) is 1.37. The normalized spacial score (nSPS) is 14.3. The van der Waals surface area contributed by atoms with Gasteiger partial charge < -0.3 is 4.74 Å². The van der Waals surface area contributed by atoms with E-state index in [1.165, 1.54) is 17.9 Å². The van der Waals surface area contributed by atoms with E-state index in [1.807, 2.05) is 36.5 Å². The molecule has 0 fully saturated rings. The topological polar surface area (TPSA) is 51.5 Å². The number of carbonyl (C=O) groups is 1. The molecule has 1 unspecified atom stereocenters. The zero-order chi connectivity index (χ0) is 19.8. The number of hydrogen-bond donors (Lipinski definition) is 0. The van der Waals surface area contributed by atoms with Crippen LogP contribution in [0, 0.1) is 0 Å². The lowest BCUT2D eigenvalue weighted by atomic mass is 9.87. The number of benzene rings is 2. The van der Waals surface area contributed by atoms with Crippen molar-refractivity contribution in [1.82, 2.24) is 4.98 Å². The quantitative estimate of drug-likeness (QED) is 0.654. The molecular formula is C25H18N2O2. The molecule has 2 aliphatic rings. The summed E-state index contributed by atoms with van der Waals surface area (Å²) < 4.78 is 4.86. The molecule has 0 N–H and O–H groups in total. The molecule has 2 aromatic carbocycles. The highest BCUT2D eigenvalue weighted by Crippen LogP contribution is 2.33. The third-order valence-corrected chi connectivity index (χ3v) is 5.31. The second-order valence-electron chi connectivity index (χ2n) is 7.02. The summed E-state index contributed by atoms with van der Waals surface area (Å²) in [6.45, 7) is 0. The molecule has 1 atom stereocenters. The molecule has 4 nitrogen and oxygen atoms in total. The largest absolute Gasteiger partial charge is 0.464 e. The maximum atomic E-state index is 12.0. The first-order valence-corrected chi connectivity index (χ1v) is 9.45. The van der Waals surface area contributed by atoms with Crippen molar-refractivity contribution in [3.63, 3.8) is 0 Å². The molecular weight excluding hydrogens is 360 g/mol. The van der Waals surface area contributed by atoms with Crippen LogP contribution in [0.3, 0.4) is 0 Å². The smallest absolute Gasteiger partial charge is 0.356 e. The molecule has 140 valence electrons. The Bertz CT molecular complexity index is 1300. The fourth-order valence-corrected chi connectivity index (χ4v) is 3.93. The first-order chi connectivity index (χ1) is 14.2. The highest BCUT2D eigenvalue weighted by molar-refractivity contribution is 6.10. The van der Waals surface area contributed by atoms with Crippen molar-refractivity contribution in [1.29, 1.82) is 0 Å². The van der Waals surface area contributed by atoms with Crippen LogP contribution in [0.25, 0.3) is 17.7 Å². The summed E-state index contributed by atoms with van der Waals surface area (Å²) >= 11 is 0. The summed E-state index contributed by atoms with van der Waals surface area (Å²) in [6, 6.07) is 20.0. The summed E-state index contributed by atoms with van der Waals surface area (Å²) in [5.41, 5.74) is 5.41. The fourth-order valence-electron chi connectivity index (χ4n) is 3.93. The first kappa shape index (κ1) is 17.3. The zero-order valence-corrected chi connectivity index (χ0v) is 15.9. The Balaban J connectivity index is 1.74. The first-order valence-electron chi connectivity index (χ1n) is 9.45. The zero-order valence-electron chi connectivity index (χ0n) is 15.9. The van der Waals surface area contributed by atoms with Gasteiger partial charge in [-0.3, -0.25) is 4.99 Å². The number of fused-ring (bicyclic) bond motifs is 2. The summed E-state index contributed by atoms with van der Waals surface area (Å²) in [5, 5.41) is 2.28. The minimum absolute atomic E-state index is 0.141. The summed E-state index contributed by atoms with van der Waals surface area (Å²) in [6.07, 6.45) is 8.19. The third-order valence-electron chi connectivity index (χ3n) is 5.31. The number of aromatic nitrogens is 1. The molecule has 1 aromatic heterocycles. The number of carbonyl (C=O) groups excluding carboxylic acids is 1. The number of pyridine rings is 1. The Kier molecular flexibility index (Phi) is 4.17. The molecule has 0 saturated heterocycles. The van der Waals surface area contributed by atoms with Gasteiger partial charge in [0.25, 0.3) is 0 Å². The van der Waals surface area contributed by atoms with Crippen LogP contribution in [0.5, 0.6) is 0 Å². The molecule has 0 amide bonds. The van der Waals surface area contributed by atoms with E-state index in [0.717, 1.165) is 27.7 Å². The van der Waals surface area contributed by atoms with Gasteiger partial charge in [0.2, 0.25) is 0 Å². The molecule has 1 aliphatic carbocycles. The Labute approximate surface area is 168 Å². The van der Waals surface area contributed by atoms with E-state index in [0.29, 0.717) is 5.69 Å². The van der Waals surface area contributed by atoms with Gasteiger partial charge in [0.15, 0.2) is 0 Å². The lowest BCUT2D eigenvalue weighted by Gasteiger charge is -2.18. The van der Waals surface area contributed by atoms with Crippen LogP contribution in [0.1, 0.15) is 33.2 Å². The van der Waals surface area contributed by atoms with Crippen LogP contribution in [-0.4, -0.2) is 24.3 Å². The van der Waals surface area contributed by atoms with Crippen LogP contribution in [0.4, 0.5) is 5.69 Å². The lowest BCUT2D eigenvalue weighted by molar-refractivity contribution is 0.0593. The van der Waals surface area contributed by atoms with Crippen LogP contribution >= 0.6 is 0 Å². The fraction of sp³-hybridized carbons (Fsp3) is 0.0800. The van der Waals surface area contributed by atoms with Gasteiger partial charge in [-0.05, 0) is 46.2 Å². The van der Waals surface area contributed by atoms with E-state index in [-0.39, 0.29) is 5.92 Å². The molecule has 5 rings (SSSR count). The van der Waals surface area contributed by atoms with Crippen molar-refractivity contribution in [2.75, 3.05) is 7.11 Å². The van der Waals surface area contributed by atoms with E-state index in [9.17, 15) is 4.79 Å². The Hall–Kier alpha value is -3.79. The molecule has 4 heteroatoms. The standard InChI is InChI=1S/C25H18N2O2/c1-29-25(28)22-12-6-11-21(27-22)24(16-7-3-2-4-8-16)20-15-26-23-14-18-10-5-9-17(18)13-19(20)23/h2-15,24H,1H3. The number of hydrogen-bond acceptors (Lipinski definition) is 4.